The number of hydrogen-bond acceptors (Lipinski definition) is 3. The number of ether oxygens (including phenoxy) is 1. The van der Waals surface area contributed by atoms with E-state index in [-0.39, 0.29) is 36.4 Å². The number of halogens is 1. The Morgan fingerprint density at radius 1 is 1.35 bits per heavy atom. The fraction of sp³-hybridized carbons (Fsp3) is 0.750. The SMILES string of the molecule is C=C(C)CNC(=NCC(=O)N(C)C)N(C)CCOCC1CC1.I. The zero-order valence-corrected chi connectivity index (χ0v) is 17.1. The molecule has 0 aromatic rings. The van der Waals surface area contributed by atoms with Gasteiger partial charge in [-0.3, -0.25) is 4.79 Å². The average Bonchev–Trinajstić information content (AvgIpc) is 3.26. The summed E-state index contributed by atoms with van der Waals surface area (Å²) in [5.41, 5.74) is 1.02. The van der Waals surface area contributed by atoms with Gasteiger partial charge in [0, 0.05) is 40.8 Å². The summed E-state index contributed by atoms with van der Waals surface area (Å²) in [5.74, 6) is 1.46. The van der Waals surface area contributed by atoms with Gasteiger partial charge in [0.15, 0.2) is 5.96 Å². The second-order valence-corrected chi connectivity index (χ2v) is 6.18. The summed E-state index contributed by atoms with van der Waals surface area (Å²) >= 11 is 0. The predicted molar refractivity (Wildman–Crippen MR) is 105 cm³/mol. The van der Waals surface area contributed by atoms with Crippen LogP contribution in [0.2, 0.25) is 0 Å². The van der Waals surface area contributed by atoms with E-state index in [2.05, 4.69) is 16.9 Å². The Morgan fingerprint density at radius 3 is 2.52 bits per heavy atom. The third kappa shape index (κ3) is 10.5. The van der Waals surface area contributed by atoms with Crippen LogP contribution in [0.4, 0.5) is 0 Å². The van der Waals surface area contributed by atoms with Gasteiger partial charge >= 0.3 is 0 Å². The van der Waals surface area contributed by atoms with Crippen molar-refractivity contribution in [2.75, 3.05) is 54.0 Å². The third-order valence-corrected chi connectivity index (χ3v) is 3.39. The zero-order chi connectivity index (χ0) is 16.5. The Bertz CT molecular complexity index is 409. The maximum atomic E-state index is 11.7. The number of amides is 1. The number of guanidine groups is 1. The van der Waals surface area contributed by atoms with Crippen molar-refractivity contribution in [2.24, 2.45) is 10.9 Å². The minimum Gasteiger partial charge on any atom is -0.379 e. The molecule has 0 heterocycles. The Hall–Kier alpha value is -0.830. The van der Waals surface area contributed by atoms with Crippen LogP contribution in [0.5, 0.6) is 0 Å². The number of likely N-dealkylation sites (N-methyl/N-ethyl adjacent to an activating group) is 2. The highest BCUT2D eigenvalue weighted by atomic mass is 127. The predicted octanol–water partition coefficient (Wildman–Crippen LogP) is 1.57. The molecule has 0 bridgehead atoms. The van der Waals surface area contributed by atoms with Crippen molar-refractivity contribution < 1.29 is 9.53 Å². The van der Waals surface area contributed by atoms with Crippen LogP contribution in [0.1, 0.15) is 19.8 Å². The van der Waals surface area contributed by atoms with Gasteiger partial charge in [0.05, 0.1) is 6.61 Å². The summed E-state index contributed by atoms with van der Waals surface area (Å²) in [4.78, 5) is 19.6. The lowest BCUT2D eigenvalue weighted by Crippen LogP contribution is -2.42. The van der Waals surface area contributed by atoms with Crippen LogP contribution in [0.3, 0.4) is 0 Å². The summed E-state index contributed by atoms with van der Waals surface area (Å²) in [7, 11) is 5.41. The molecule has 0 saturated heterocycles. The number of aliphatic imine (C=N–C) groups is 1. The summed E-state index contributed by atoms with van der Waals surface area (Å²) in [6, 6.07) is 0. The molecule has 134 valence electrons. The Morgan fingerprint density at radius 2 is 2.00 bits per heavy atom. The molecule has 0 spiro atoms. The van der Waals surface area contributed by atoms with Crippen molar-refractivity contribution in [3.63, 3.8) is 0 Å². The van der Waals surface area contributed by atoms with Crippen LogP contribution in [0.15, 0.2) is 17.1 Å². The van der Waals surface area contributed by atoms with Gasteiger partial charge in [-0.1, -0.05) is 12.2 Å². The molecule has 1 saturated carbocycles. The zero-order valence-electron chi connectivity index (χ0n) is 14.8. The Balaban J connectivity index is 0.00000484. The van der Waals surface area contributed by atoms with Gasteiger partial charge in [-0.15, -0.1) is 24.0 Å². The molecule has 0 aromatic heterocycles. The molecular formula is C16H31IN4O2. The number of hydrogen-bond donors (Lipinski definition) is 1. The first-order valence-corrected chi connectivity index (χ1v) is 7.82. The number of nitrogens with one attached hydrogen (secondary N) is 1. The first-order chi connectivity index (χ1) is 10.4. The third-order valence-electron chi connectivity index (χ3n) is 3.39. The van der Waals surface area contributed by atoms with Gasteiger partial charge in [-0.05, 0) is 25.7 Å². The number of rotatable bonds is 9. The summed E-state index contributed by atoms with van der Waals surface area (Å²) in [6.07, 6.45) is 2.60. The van der Waals surface area contributed by atoms with E-state index in [1.54, 1.807) is 19.0 Å². The molecule has 6 nitrogen and oxygen atoms in total. The van der Waals surface area contributed by atoms with Crippen LogP contribution in [0, 0.1) is 5.92 Å². The first-order valence-electron chi connectivity index (χ1n) is 7.82. The normalized spacial score (nSPS) is 14.0. The highest BCUT2D eigenvalue weighted by molar-refractivity contribution is 14.0. The molecule has 1 rings (SSSR count). The van der Waals surface area contributed by atoms with Crippen LogP contribution >= 0.6 is 24.0 Å². The second-order valence-electron chi connectivity index (χ2n) is 6.18. The lowest BCUT2D eigenvalue weighted by atomic mass is 10.3. The molecule has 23 heavy (non-hydrogen) atoms. The number of nitrogens with zero attached hydrogens (tertiary/aromatic N) is 3. The lowest BCUT2D eigenvalue weighted by Gasteiger charge is -2.22. The molecule has 1 fully saturated rings. The topological polar surface area (TPSA) is 57.2 Å². The minimum absolute atomic E-state index is 0. The van der Waals surface area contributed by atoms with E-state index >= 15 is 0 Å². The molecule has 0 aliphatic heterocycles. The van der Waals surface area contributed by atoms with Gasteiger partial charge in [-0.2, -0.15) is 0 Å². The van der Waals surface area contributed by atoms with E-state index < -0.39 is 0 Å². The summed E-state index contributed by atoms with van der Waals surface area (Å²) < 4.78 is 5.65. The fourth-order valence-electron chi connectivity index (χ4n) is 1.67. The van der Waals surface area contributed by atoms with E-state index in [9.17, 15) is 4.79 Å². The van der Waals surface area contributed by atoms with Gasteiger partial charge in [-0.25, -0.2) is 4.99 Å². The highest BCUT2D eigenvalue weighted by Crippen LogP contribution is 2.28. The Labute approximate surface area is 157 Å². The molecule has 1 aliphatic carbocycles. The van der Waals surface area contributed by atoms with Crippen molar-refractivity contribution >= 4 is 35.8 Å². The molecule has 1 amide bonds. The molecular weight excluding hydrogens is 407 g/mol. The maximum absolute atomic E-state index is 11.7. The van der Waals surface area contributed by atoms with Crippen molar-refractivity contribution in [3.05, 3.63) is 12.2 Å². The van der Waals surface area contributed by atoms with Crippen LogP contribution in [-0.4, -0.2) is 75.7 Å². The number of carbonyl (C=O) groups excluding carboxylic acids is 1. The lowest BCUT2D eigenvalue weighted by molar-refractivity contribution is -0.127. The fourth-order valence-corrected chi connectivity index (χ4v) is 1.67. The minimum atomic E-state index is -0.0204. The molecule has 1 aliphatic rings. The van der Waals surface area contributed by atoms with E-state index in [0.29, 0.717) is 19.1 Å². The molecule has 1 N–H and O–H groups in total. The molecule has 0 radical (unpaired) electrons. The van der Waals surface area contributed by atoms with Crippen molar-refractivity contribution in [3.8, 4) is 0 Å². The summed E-state index contributed by atoms with van der Waals surface area (Å²) in [5, 5.41) is 3.23. The van der Waals surface area contributed by atoms with Crippen molar-refractivity contribution in [1.29, 1.82) is 0 Å². The molecule has 0 unspecified atom stereocenters. The van der Waals surface area contributed by atoms with Gasteiger partial charge in [0.25, 0.3) is 0 Å². The van der Waals surface area contributed by atoms with Gasteiger partial charge < -0.3 is 19.9 Å². The Kier molecular flexibility index (Phi) is 11.2. The van der Waals surface area contributed by atoms with E-state index in [1.807, 2.05) is 18.9 Å². The van der Waals surface area contributed by atoms with Gasteiger partial charge in [0.2, 0.25) is 5.91 Å². The number of carbonyl (C=O) groups is 1. The monoisotopic (exact) mass is 438 g/mol. The van der Waals surface area contributed by atoms with Crippen molar-refractivity contribution in [2.45, 2.75) is 19.8 Å². The van der Waals surface area contributed by atoms with E-state index in [4.69, 9.17) is 4.74 Å². The summed E-state index contributed by atoms with van der Waals surface area (Å²) in [6.45, 7) is 8.88. The standard InChI is InChI=1S/C16H30N4O2.HI/c1-13(2)10-17-16(18-11-15(21)19(3)4)20(5)8-9-22-12-14-6-7-14;/h14H,1,6-12H2,2-5H3,(H,17,18);1H. The molecule has 0 atom stereocenters. The van der Waals surface area contributed by atoms with E-state index in [0.717, 1.165) is 24.6 Å². The maximum Gasteiger partial charge on any atom is 0.243 e. The average molecular weight is 438 g/mol. The molecule has 7 heteroatoms. The molecule has 0 aromatic carbocycles. The van der Waals surface area contributed by atoms with Crippen LogP contribution in [0.25, 0.3) is 0 Å². The van der Waals surface area contributed by atoms with Crippen molar-refractivity contribution in [1.82, 2.24) is 15.1 Å². The first kappa shape index (κ1) is 22.2. The highest BCUT2D eigenvalue weighted by Gasteiger charge is 2.21. The quantitative estimate of drug-likeness (QED) is 0.195. The second kappa shape index (κ2) is 11.7. The van der Waals surface area contributed by atoms with E-state index in [1.165, 1.54) is 12.8 Å². The smallest absolute Gasteiger partial charge is 0.243 e. The van der Waals surface area contributed by atoms with Gasteiger partial charge in [0.1, 0.15) is 6.54 Å². The van der Waals surface area contributed by atoms with Crippen LogP contribution < -0.4 is 5.32 Å². The van der Waals surface area contributed by atoms with Crippen LogP contribution in [-0.2, 0) is 9.53 Å². The largest absolute Gasteiger partial charge is 0.379 e.